The molecule has 2 aliphatic heterocycles. The topological polar surface area (TPSA) is 151 Å². The van der Waals surface area contributed by atoms with Gasteiger partial charge in [-0.15, -0.1) is 0 Å². The van der Waals surface area contributed by atoms with Crippen LogP contribution in [0.1, 0.15) is 37.9 Å². The summed E-state index contributed by atoms with van der Waals surface area (Å²) in [6.07, 6.45) is -0.367. The molecule has 0 bridgehead atoms. The highest BCUT2D eigenvalue weighted by Crippen LogP contribution is 2.45. The van der Waals surface area contributed by atoms with Gasteiger partial charge in [0.2, 0.25) is 12.2 Å². The van der Waals surface area contributed by atoms with E-state index in [1.165, 1.54) is 18.2 Å². The zero-order chi connectivity index (χ0) is 25.2. The second kappa shape index (κ2) is 9.50. The number of guanidine groups is 1. The van der Waals surface area contributed by atoms with E-state index in [1.54, 1.807) is 6.92 Å². The maximum absolute atomic E-state index is 11.5. The van der Waals surface area contributed by atoms with E-state index in [-0.39, 0.29) is 18.2 Å². The third-order valence-corrected chi connectivity index (χ3v) is 5.98. The lowest BCUT2D eigenvalue weighted by Gasteiger charge is -2.46. The summed E-state index contributed by atoms with van der Waals surface area (Å²) in [4.78, 5) is 15.3. The summed E-state index contributed by atoms with van der Waals surface area (Å²) in [5, 5.41) is 37.8. The third kappa shape index (κ3) is 5.05. The predicted octanol–water partition coefficient (Wildman–Crippen LogP) is 2.52. The first-order chi connectivity index (χ1) is 16.6. The van der Waals surface area contributed by atoms with Crippen molar-refractivity contribution >= 4 is 11.6 Å². The van der Waals surface area contributed by atoms with Crippen molar-refractivity contribution in [3.8, 4) is 11.9 Å². The Morgan fingerprint density at radius 3 is 2.66 bits per heavy atom. The molecule has 4 atom stereocenters. The smallest absolute Gasteiger partial charge is 0.270 e. The van der Waals surface area contributed by atoms with Crippen molar-refractivity contribution in [1.82, 2.24) is 10.6 Å². The first-order valence-electron chi connectivity index (χ1n) is 11.1. The molecule has 2 heterocycles. The van der Waals surface area contributed by atoms with E-state index in [4.69, 9.17) is 14.2 Å². The Labute approximate surface area is 202 Å². The monoisotopic (exact) mass is 481 g/mol. The normalized spacial score (nSPS) is 27.3. The first-order valence-corrected chi connectivity index (χ1v) is 11.1. The number of nitrogens with zero attached hydrogens (tertiary/aromatic N) is 3. The van der Waals surface area contributed by atoms with Gasteiger partial charge in [0, 0.05) is 17.7 Å². The van der Waals surface area contributed by atoms with Gasteiger partial charge in [0.25, 0.3) is 5.69 Å². The summed E-state index contributed by atoms with van der Waals surface area (Å²) in [5.41, 5.74) is -0.866. The number of fused-ring (bicyclic) bond motifs is 1. The molecule has 0 amide bonds. The molecule has 0 saturated carbocycles. The third-order valence-electron chi connectivity index (χ3n) is 5.98. The Morgan fingerprint density at radius 1 is 1.29 bits per heavy atom. The molecule has 2 aromatic rings. The number of ether oxygens (including phenoxy) is 3. The van der Waals surface area contributed by atoms with Gasteiger partial charge in [-0.1, -0.05) is 30.3 Å². The summed E-state index contributed by atoms with van der Waals surface area (Å²) in [6, 6.07) is 12.6. The molecule has 3 N–H and O–H groups in total. The number of nitro benzene ring substituents is 1. The maximum atomic E-state index is 11.5. The Hall–Kier alpha value is -3.72. The number of non-ortho nitro benzene ring substituents is 1. The number of benzene rings is 2. The van der Waals surface area contributed by atoms with E-state index in [2.05, 4.69) is 15.6 Å². The van der Waals surface area contributed by atoms with Gasteiger partial charge in [0.15, 0.2) is 11.8 Å². The highest BCUT2D eigenvalue weighted by Gasteiger charge is 2.56. The number of nitro groups is 1. The number of rotatable bonds is 5. The molecule has 11 nitrogen and oxygen atoms in total. The van der Waals surface area contributed by atoms with E-state index in [0.717, 1.165) is 5.56 Å². The minimum absolute atomic E-state index is 0.0932. The molecule has 2 aromatic carbocycles. The Bertz CT molecular complexity index is 1160. The molecule has 1 fully saturated rings. The number of hydrogen-bond acceptors (Lipinski definition) is 8. The fraction of sp³-hybridized carbons (Fsp3) is 0.417. The van der Waals surface area contributed by atoms with E-state index in [0.29, 0.717) is 17.9 Å². The molecule has 0 radical (unpaired) electrons. The maximum Gasteiger partial charge on any atom is 0.270 e. The number of hydrogen-bond donors (Lipinski definition) is 3. The number of aliphatic hydroxyl groups is 1. The molecule has 11 heteroatoms. The average molecular weight is 482 g/mol. The molecule has 1 unspecified atom stereocenters. The Balaban J connectivity index is 1.71. The van der Waals surface area contributed by atoms with Crippen LogP contribution in [-0.2, 0) is 16.0 Å². The number of nitrogens with one attached hydrogen (secondary N) is 2. The average Bonchev–Trinajstić information content (AvgIpc) is 3.21. The van der Waals surface area contributed by atoms with Crippen LogP contribution in [-0.4, -0.2) is 46.2 Å². The van der Waals surface area contributed by atoms with Gasteiger partial charge in [-0.2, -0.15) is 5.26 Å². The standard InChI is InChI=1S/C24H27N5O6/c1-23(2)13-33-21(35-23)24(3)20(30)19(17-11-16(29(31)32)9-10-18(17)34-24)28-22(27-14-25)26-12-15-7-5-4-6-8-15/h4-11,19-21,30H,12-13H2,1-3H3,(H2,26,27,28)/t19-,20+,21?,24+/m1/s1. The highest BCUT2D eigenvalue weighted by atomic mass is 16.8. The lowest BCUT2D eigenvalue weighted by Crippen LogP contribution is -2.62. The summed E-state index contributed by atoms with van der Waals surface area (Å²) in [5.74, 6) is 0.410. The van der Waals surface area contributed by atoms with Crippen LogP contribution >= 0.6 is 0 Å². The van der Waals surface area contributed by atoms with Gasteiger partial charge in [0.05, 0.1) is 29.7 Å². The van der Waals surface area contributed by atoms with Crippen molar-refractivity contribution in [3.05, 3.63) is 69.8 Å². The summed E-state index contributed by atoms with van der Waals surface area (Å²) < 4.78 is 18.0. The van der Waals surface area contributed by atoms with E-state index >= 15 is 0 Å². The van der Waals surface area contributed by atoms with Crippen molar-refractivity contribution in [2.24, 2.45) is 4.99 Å². The Kier molecular flexibility index (Phi) is 6.62. The van der Waals surface area contributed by atoms with E-state index < -0.39 is 34.6 Å². The summed E-state index contributed by atoms with van der Waals surface area (Å²) >= 11 is 0. The molecule has 184 valence electrons. The zero-order valence-electron chi connectivity index (χ0n) is 19.6. The number of nitriles is 1. The summed E-state index contributed by atoms with van der Waals surface area (Å²) in [6.45, 7) is 5.95. The molecule has 1 saturated heterocycles. The molecular weight excluding hydrogens is 454 g/mol. The second-order valence-electron chi connectivity index (χ2n) is 9.24. The minimum Gasteiger partial charge on any atom is -0.479 e. The van der Waals surface area contributed by atoms with Gasteiger partial charge < -0.3 is 24.6 Å². The molecule has 2 aliphatic rings. The van der Waals surface area contributed by atoms with Gasteiger partial charge in [-0.05, 0) is 32.4 Å². The van der Waals surface area contributed by atoms with Gasteiger partial charge in [0.1, 0.15) is 11.9 Å². The molecule has 0 aliphatic carbocycles. The molecule has 4 rings (SSSR count). The fourth-order valence-electron chi connectivity index (χ4n) is 4.12. The van der Waals surface area contributed by atoms with Crippen molar-refractivity contribution in [2.45, 2.75) is 57.0 Å². The quantitative estimate of drug-likeness (QED) is 0.146. The molecule has 0 spiro atoms. The second-order valence-corrected chi connectivity index (χ2v) is 9.24. The van der Waals surface area contributed by atoms with Gasteiger partial charge >= 0.3 is 0 Å². The summed E-state index contributed by atoms with van der Waals surface area (Å²) in [7, 11) is 0. The van der Waals surface area contributed by atoms with Crippen LogP contribution in [0.4, 0.5) is 5.69 Å². The van der Waals surface area contributed by atoms with Crippen LogP contribution in [0, 0.1) is 21.6 Å². The molecule has 35 heavy (non-hydrogen) atoms. The van der Waals surface area contributed by atoms with E-state index in [1.807, 2.05) is 50.4 Å². The van der Waals surface area contributed by atoms with Crippen molar-refractivity contribution in [3.63, 3.8) is 0 Å². The fourth-order valence-corrected chi connectivity index (χ4v) is 4.12. The lowest BCUT2D eigenvalue weighted by molar-refractivity contribution is -0.385. The van der Waals surface area contributed by atoms with Crippen LogP contribution in [0.5, 0.6) is 5.75 Å². The van der Waals surface area contributed by atoms with Crippen molar-refractivity contribution in [2.75, 3.05) is 6.61 Å². The molecular formula is C24H27N5O6. The van der Waals surface area contributed by atoms with Crippen molar-refractivity contribution < 1.29 is 24.2 Å². The van der Waals surface area contributed by atoms with Crippen LogP contribution in [0.25, 0.3) is 0 Å². The molecule has 0 aromatic heterocycles. The minimum atomic E-state index is -1.37. The van der Waals surface area contributed by atoms with E-state index in [9.17, 15) is 20.5 Å². The highest BCUT2D eigenvalue weighted by molar-refractivity contribution is 5.82. The van der Waals surface area contributed by atoms with Gasteiger partial charge in [-0.25, -0.2) is 4.99 Å². The number of aliphatic hydroxyl groups excluding tert-OH is 1. The number of aliphatic imine (C=N–C) groups is 1. The van der Waals surface area contributed by atoms with Gasteiger partial charge in [-0.3, -0.25) is 15.4 Å². The Morgan fingerprint density at radius 2 is 2.03 bits per heavy atom. The first kappa shape index (κ1) is 24.4. The van der Waals surface area contributed by atoms with Crippen LogP contribution in [0.2, 0.25) is 0 Å². The van der Waals surface area contributed by atoms with Crippen LogP contribution < -0.4 is 15.4 Å². The lowest BCUT2D eigenvalue weighted by atomic mass is 9.84. The predicted molar refractivity (Wildman–Crippen MR) is 125 cm³/mol. The van der Waals surface area contributed by atoms with Crippen LogP contribution in [0.3, 0.4) is 0 Å². The largest absolute Gasteiger partial charge is 0.479 e. The SMILES string of the molecule is CC1(C)COC([C@@]2(C)Oc3ccc([N+](=O)[O-])cc3[C@@H](NC(=NCc3ccccc3)NC#N)[C@@H]2O)O1. The van der Waals surface area contributed by atoms with Crippen LogP contribution in [0.15, 0.2) is 53.5 Å². The van der Waals surface area contributed by atoms with Crippen molar-refractivity contribution in [1.29, 1.82) is 5.26 Å². The zero-order valence-corrected chi connectivity index (χ0v) is 19.6.